The predicted octanol–water partition coefficient (Wildman–Crippen LogP) is 5.77. The zero-order valence-electron chi connectivity index (χ0n) is 16.4. The molecule has 0 aromatic heterocycles. The van der Waals surface area contributed by atoms with Crippen LogP contribution in [0.3, 0.4) is 0 Å². The van der Waals surface area contributed by atoms with E-state index in [0.717, 1.165) is 47.1 Å². The van der Waals surface area contributed by atoms with Gasteiger partial charge < -0.3 is 4.65 Å². The molecular formula is C21H37BO. The minimum Gasteiger partial charge on any atom is -0.438 e. The molecule has 2 unspecified atom stereocenters. The Kier molecular flexibility index (Phi) is 3.60. The molecule has 6 aliphatic carbocycles. The molecule has 23 heavy (non-hydrogen) atoms. The predicted molar refractivity (Wildman–Crippen MR) is 98.6 cm³/mol. The summed E-state index contributed by atoms with van der Waals surface area (Å²) in [5.74, 6) is 7.10. The second-order valence-corrected chi connectivity index (χ2v) is 10.9. The Balaban J connectivity index is 1.52. The smallest absolute Gasteiger partial charge is 0.299 e. The van der Waals surface area contributed by atoms with Crippen molar-refractivity contribution in [2.45, 2.75) is 78.9 Å². The molecule has 0 spiro atoms. The molecule has 2 heteroatoms. The van der Waals surface area contributed by atoms with E-state index in [9.17, 15) is 0 Å². The summed E-state index contributed by atoms with van der Waals surface area (Å²) < 4.78 is 6.24. The second kappa shape index (κ2) is 5.02. The van der Waals surface area contributed by atoms with Crippen molar-refractivity contribution in [3.63, 3.8) is 0 Å². The second-order valence-electron chi connectivity index (χ2n) is 10.9. The summed E-state index contributed by atoms with van der Waals surface area (Å²) in [7, 11) is 2.00. The van der Waals surface area contributed by atoms with Crippen LogP contribution in [0, 0.1) is 46.3 Å². The first-order valence-corrected chi connectivity index (χ1v) is 10.2. The summed E-state index contributed by atoms with van der Waals surface area (Å²) in [6.45, 7) is 15.7. The van der Waals surface area contributed by atoms with E-state index in [1.54, 1.807) is 0 Å². The zero-order valence-corrected chi connectivity index (χ0v) is 16.4. The topological polar surface area (TPSA) is 9.23 Å². The van der Waals surface area contributed by atoms with Gasteiger partial charge in [-0.2, -0.15) is 0 Å². The van der Waals surface area contributed by atoms with Crippen molar-refractivity contribution in [1.82, 2.24) is 0 Å². The number of hydrogen-bond donors (Lipinski definition) is 0. The van der Waals surface area contributed by atoms with Gasteiger partial charge in [0.2, 0.25) is 0 Å². The molecule has 0 aliphatic heterocycles. The fourth-order valence-electron chi connectivity index (χ4n) is 7.91. The summed E-state index contributed by atoms with van der Waals surface area (Å²) >= 11 is 0. The maximum absolute atomic E-state index is 6.24. The molecule has 0 aromatic carbocycles. The van der Waals surface area contributed by atoms with Crippen LogP contribution in [0.25, 0.3) is 0 Å². The Morgan fingerprint density at radius 1 is 0.739 bits per heavy atom. The first-order chi connectivity index (χ1) is 10.7. The zero-order chi connectivity index (χ0) is 16.7. The van der Waals surface area contributed by atoms with Crippen LogP contribution < -0.4 is 0 Å². The van der Waals surface area contributed by atoms with E-state index in [2.05, 4.69) is 41.5 Å². The molecule has 0 amide bonds. The van der Waals surface area contributed by atoms with Crippen molar-refractivity contribution in [3.05, 3.63) is 0 Å². The largest absolute Gasteiger partial charge is 0.438 e. The van der Waals surface area contributed by atoms with Crippen LogP contribution in [0.2, 0.25) is 11.6 Å². The van der Waals surface area contributed by atoms with Gasteiger partial charge in [-0.25, -0.2) is 0 Å². The van der Waals surface area contributed by atoms with Crippen molar-refractivity contribution < 1.29 is 4.65 Å². The molecule has 6 aliphatic rings. The molecule has 6 fully saturated rings. The van der Waals surface area contributed by atoms with Gasteiger partial charge in [-0.1, -0.05) is 54.4 Å². The van der Waals surface area contributed by atoms with Crippen LogP contribution in [0.4, 0.5) is 0 Å². The highest BCUT2D eigenvalue weighted by molar-refractivity contribution is 6.55. The quantitative estimate of drug-likeness (QED) is 0.601. The van der Waals surface area contributed by atoms with Crippen molar-refractivity contribution >= 4 is 6.92 Å². The van der Waals surface area contributed by atoms with E-state index in [4.69, 9.17) is 4.65 Å². The molecule has 130 valence electrons. The van der Waals surface area contributed by atoms with Gasteiger partial charge in [0.05, 0.1) is 0 Å². The summed E-state index contributed by atoms with van der Waals surface area (Å²) in [6.07, 6.45) is 5.81. The monoisotopic (exact) mass is 316 g/mol. The fraction of sp³-hybridized carbons (Fsp3) is 1.00. The summed E-state index contributed by atoms with van der Waals surface area (Å²) in [5.41, 5.74) is 1.19. The Morgan fingerprint density at radius 2 is 1.13 bits per heavy atom. The van der Waals surface area contributed by atoms with Crippen LogP contribution in [0.1, 0.15) is 67.2 Å². The Bertz CT molecular complexity index is 442. The standard InChI is InChI=1S/C21H37BO/c1-12-16-8-14(20(16,3)4)10-18(12)22(23-7)19-11-15-9-17(13(19)2)21(15,5)6/h12-19H,8-11H2,1-7H3/t12-,13-,14?,15?,16-,17-,18-,19-/m1/s1. The van der Waals surface area contributed by atoms with Gasteiger partial charge in [0.1, 0.15) is 0 Å². The maximum atomic E-state index is 6.24. The molecular weight excluding hydrogens is 279 g/mol. The Hall–Kier alpha value is 0.0249. The molecule has 0 aromatic rings. The first kappa shape index (κ1) is 16.5. The third-order valence-electron chi connectivity index (χ3n) is 9.94. The molecule has 0 heterocycles. The number of rotatable bonds is 3. The maximum Gasteiger partial charge on any atom is 0.299 e. The molecule has 4 bridgehead atoms. The highest BCUT2D eigenvalue weighted by Crippen LogP contribution is 2.69. The molecule has 6 rings (SSSR count). The number of fused-ring (bicyclic) bond motifs is 4. The third-order valence-corrected chi connectivity index (χ3v) is 9.94. The van der Waals surface area contributed by atoms with Gasteiger partial charge in [0, 0.05) is 7.11 Å². The molecule has 8 atom stereocenters. The molecule has 0 saturated heterocycles. The lowest BCUT2D eigenvalue weighted by atomic mass is 9.27. The average Bonchev–Trinajstić information content (AvgIpc) is 2.49. The third kappa shape index (κ3) is 2.03. The van der Waals surface area contributed by atoms with Crippen LogP contribution in [0.5, 0.6) is 0 Å². The van der Waals surface area contributed by atoms with E-state index in [0.29, 0.717) is 17.7 Å². The lowest BCUT2D eigenvalue weighted by Crippen LogP contribution is -2.60. The summed E-state index contributed by atoms with van der Waals surface area (Å²) in [4.78, 5) is 0. The average molecular weight is 316 g/mol. The van der Waals surface area contributed by atoms with Gasteiger partial charge >= 0.3 is 0 Å². The minimum absolute atomic E-state index is 0.516. The van der Waals surface area contributed by atoms with Crippen molar-refractivity contribution in [1.29, 1.82) is 0 Å². The lowest BCUT2D eigenvalue weighted by molar-refractivity contribution is -0.110. The van der Waals surface area contributed by atoms with E-state index >= 15 is 0 Å². The minimum atomic E-state index is 0.516. The lowest BCUT2D eigenvalue weighted by Gasteiger charge is -2.65. The van der Waals surface area contributed by atoms with E-state index in [-0.39, 0.29) is 0 Å². The molecule has 0 N–H and O–H groups in total. The Labute approximate surface area is 144 Å². The van der Waals surface area contributed by atoms with Crippen LogP contribution in [-0.2, 0) is 4.65 Å². The molecule has 6 saturated carbocycles. The number of hydrogen-bond acceptors (Lipinski definition) is 1. The molecule has 0 radical (unpaired) electrons. The van der Waals surface area contributed by atoms with Crippen LogP contribution in [0.15, 0.2) is 0 Å². The van der Waals surface area contributed by atoms with Crippen molar-refractivity contribution in [2.24, 2.45) is 46.3 Å². The van der Waals surface area contributed by atoms with Crippen molar-refractivity contribution in [2.75, 3.05) is 7.11 Å². The molecule has 1 nitrogen and oxygen atoms in total. The van der Waals surface area contributed by atoms with Crippen LogP contribution >= 0.6 is 0 Å². The fourth-order valence-corrected chi connectivity index (χ4v) is 7.91. The van der Waals surface area contributed by atoms with E-state index < -0.39 is 0 Å². The normalized spacial score (nSPS) is 52.3. The van der Waals surface area contributed by atoms with Gasteiger partial charge in [-0.15, -0.1) is 0 Å². The van der Waals surface area contributed by atoms with Gasteiger partial charge in [0.15, 0.2) is 0 Å². The van der Waals surface area contributed by atoms with Gasteiger partial charge in [-0.05, 0) is 70.8 Å². The van der Waals surface area contributed by atoms with Crippen LogP contribution in [-0.4, -0.2) is 14.0 Å². The highest BCUT2D eigenvalue weighted by atomic mass is 16.4. The van der Waals surface area contributed by atoms with Gasteiger partial charge in [-0.3, -0.25) is 0 Å². The summed E-state index contributed by atoms with van der Waals surface area (Å²) in [6, 6.07) is 0. The highest BCUT2D eigenvalue weighted by Gasteiger charge is 2.62. The van der Waals surface area contributed by atoms with E-state index in [1.165, 1.54) is 25.7 Å². The Morgan fingerprint density at radius 3 is 1.39 bits per heavy atom. The van der Waals surface area contributed by atoms with Gasteiger partial charge in [0.25, 0.3) is 6.92 Å². The SMILES string of the molecule is COB([C@@H]1CC2C[C@H]([C@H]1C)C2(C)C)[C@@H]1CC2C[C@H]([C@H]1C)C2(C)C. The van der Waals surface area contributed by atoms with E-state index in [1.807, 2.05) is 7.11 Å². The summed E-state index contributed by atoms with van der Waals surface area (Å²) in [5, 5.41) is 0. The first-order valence-electron chi connectivity index (χ1n) is 10.2. The van der Waals surface area contributed by atoms with Crippen molar-refractivity contribution in [3.8, 4) is 0 Å².